The second-order valence-corrected chi connectivity index (χ2v) is 7.72. The maximum absolute atomic E-state index is 14.7. The van der Waals surface area contributed by atoms with Gasteiger partial charge in [0.1, 0.15) is 5.02 Å². The highest BCUT2D eigenvalue weighted by atomic mass is 35.5. The first-order valence-corrected chi connectivity index (χ1v) is 9.78. The smallest absolute Gasteiger partial charge is 0.309 e. The molecule has 1 heterocycles. The van der Waals surface area contributed by atoms with Gasteiger partial charge in [0.05, 0.1) is 17.2 Å². The third-order valence-corrected chi connectivity index (χ3v) is 4.71. The molecular formula is C15H13Cl2FN2O5S. The molecule has 140 valence electrons. The molecule has 0 aliphatic carbocycles. The minimum absolute atomic E-state index is 0.0191. The quantitative estimate of drug-likeness (QED) is 0.538. The van der Waals surface area contributed by atoms with E-state index >= 15 is 0 Å². The van der Waals surface area contributed by atoms with Gasteiger partial charge in [-0.15, -0.1) is 0 Å². The summed E-state index contributed by atoms with van der Waals surface area (Å²) >= 11 is 11.8. The molecule has 11 heteroatoms. The molecule has 0 saturated carbocycles. The largest absolute Gasteiger partial charge is 0.489 e. The van der Waals surface area contributed by atoms with Crippen molar-refractivity contribution in [1.29, 1.82) is 0 Å². The number of carbonyl (C=O) groups excluding carboxylic acids is 1. The Kier molecular flexibility index (Phi) is 6.05. The van der Waals surface area contributed by atoms with Gasteiger partial charge in [-0.3, -0.25) is 4.79 Å². The summed E-state index contributed by atoms with van der Waals surface area (Å²) < 4.78 is 48.6. The maximum Gasteiger partial charge on any atom is 0.309 e. The summed E-state index contributed by atoms with van der Waals surface area (Å²) in [7, 11) is -3.92. The van der Waals surface area contributed by atoms with E-state index in [9.17, 15) is 17.6 Å². The number of sulfone groups is 1. The van der Waals surface area contributed by atoms with Gasteiger partial charge in [0.15, 0.2) is 32.3 Å². The summed E-state index contributed by atoms with van der Waals surface area (Å²) in [5.74, 6) is -2.78. The Morgan fingerprint density at radius 3 is 2.46 bits per heavy atom. The minimum atomic E-state index is -3.92. The van der Waals surface area contributed by atoms with Crippen LogP contribution in [0.15, 0.2) is 17.2 Å². The third kappa shape index (κ3) is 4.22. The molecule has 0 radical (unpaired) electrons. The first kappa shape index (κ1) is 20.3. The molecule has 0 unspecified atom stereocenters. The third-order valence-electron chi connectivity index (χ3n) is 2.96. The van der Waals surface area contributed by atoms with Crippen LogP contribution >= 0.6 is 23.2 Å². The normalized spacial score (nSPS) is 11.3. The molecule has 2 aromatic rings. The fraction of sp³-hybridized carbons (Fsp3) is 0.267. The van der Waals surface area contributed by atoms with E-state index in [1.807, 2.05) is 0 Å². The summed E-state index contributed by atoms with van der Waals surface area (Å²) in [5.41, 5.74) is -0.201. The number of hydrogen-bond acceptors (Lipinski definition) is 7. The molecule has 1 aromatic carbocycles. The van der Waals surface area contributed by atoms with Gasteiger partial charge < -0.3 is 9.47 Å². The molecule has 2 rings (SSSR count). The first-order chi connectivity index (χ1) is 12.1. The lowest BCUT2D eigenvalue weighted by atomic mass is 10.2. The summed E-state index contributed by atoms with van der Waals surface area (Å²) in [5, 5.41) is -1.07. The topological polar surface area (TPSA) is 95.5 Å². The molecule has 26 heavy (non-hydrogen) atoms. The predicted molar refractivity (Wildman–Crippen MR) is 93.0 cm³/mol. The Hall–Kier alpha value is -1.97. The van der Waals surface area contributed by atoms with Crippen LogP contribution in [-0.4, -0.2) is 37.2 Å². The molecule has 0 aliphatic rings. The Balaban J connectivity index is 2.78. The molecule has 0 saturated heterocycles. The second-order valence-electron chi connectivity index (χ2n) is 5.01. The SMILES string of the molecule is CCOc1c(Cl)ccc(-c2nc(OC(C)=O)c(Cl)c(S(C)(=O)=O)n2)c1F. The van der Waals surface area contributed by atoms with Gasteiger partial charge in [0.2, 0.25) is 5.88 Å². The first-order valence-electron chi connectivity index (χ1n) is 7.13. The lowest BCUT2D eigenvalue weighted by Gasteiger charge is -2.12. The predicted octanol–water partition coefficient (Wildman–Crippen LogP) is 3.32. The number of benzene rings is 1. The molecule has 0 aliphatic heterocycles. The zero-order chi connectivity index (χ0) is 19.6. The molecular weight excluding hydrogens is 410 g/mol. The van der Waals surface area contributed by atoms with Gasteiger partial charge in [-0.1, -0.05) is 23.2 Å². The number of nitrogens with zero attached hydrogens (tertiary/aromatic N) is 2. The van der Waals surface area contributed by atoms with Crippen molar-refractivity contribution in [1.82, 2.24) is 9.97 Å². The Morgan fingerprint density at radius 1 is 1.27 bits per heavy atom. The van der Waals surface area contributed by atoms with E-state index in [0.717, 1.165) is 13.2 Å². The van der Waals surface area contributed by atoms with Crippen molar-refractivity contribution < 1.29 is 27.1 Å². The highest BCUT2D eigenvalue weighted by molar-refractivity contribution is 7.90. The number of carbonyl (C=O) groups is 1. The van der Waals surface area contributed by atoms with E-state index in [0.29, 0.717) is 0 Å². The average molecular weight is 423 g/mol. The summed E-state index contributed by atoms with van der Waals surface area (Å²) in [6, 6.07) is 2.58. The van der Waals surface area contributed by atoms with E-state index < -0.39 is 37.6 Å². The van der Waals surface area contributed by atoms with Gasteiger partial charge in [-0.05, 0) is 19.1 Å². The number of esters is 1. The van der Waals surface area contributed by atoms with Crippen LogP contribution in [0.1, 0.15) is 13.8 Å². The molecule has 0 amide bonds. The van der Waals surface area contributed by atoms with Gasteiger partial charge >= 0.3 is 5.97 Å². The Bertz CT molecular complexity index is 982. The van der Waals surface area contributed by atoms with E-state index in [4.69, 9.17) is 32.7 Å². The van der Waals surface area contributed by atoms with Crippen molar-refractivity contribution in [2.45, 2.75) is 18.9 Å². The number of hydrogen-bond donors (Lipinski definition) is 0. The summed E-state index contributed by atoms with van der Waals surface area (Å²) in [6.07, 6.45) is 0.854. The Morgan fingerprint density at radius 2 is 1.92 bits per heavy atom. The highest BCUT2D eigenvalue weighted by Crippen LogP contribution is 2.37. The maximum atomic E-state index is 14.7. The van der Waals surface area contributed by atoms with Crippen LogP contribution in [0.5, 0.6) is 11.6 Å². The van der Waals surface area contributed by atoms with E-state index in [1.165, 1.54) is 12.1 Å². The summed E-state index contributed by atoms with van der Waals surface area (Å²) in [4.78, 5) is 18.9. The average Bonchev–Trinajstić information content (AvgIpc) is 2.52. The fourth-order valence-corrected chi connectivity index (χ4v) is 3.37. The van der Waals surface area contributed by atoms with Crippen molar-refractivity contribution in [2.24, 2.45) is 0 Å². The molecule has 0 spiro atoms. The van der Waals surface area contributed by atoms with Crippen molar-refractivity contribution >= 4 is 39.0 Å². The van der Waals surface area contributed by atoms with E-state index in [1.54, 1.807) is 6.92 Å². The molecule has 0 atom stereocenters. The van der Waals surface area contributed by atoms with Crippen molar-refractivity contribution in [2.75, 3.05) is 12.9 Å². The van der Waals surface area contributed by atoms with E-state index in [-0.39, 0.29) is 28.8 Å². The minimum Gasteiger partial charge on any atom is -0.489 e. The van der Waals surface area contributed by atoms with Crippen molar-refractivity contribution in [3.05, 3.63) is 28.0 Å². The lowest BCUT2D eigenvalue weighted by molar-refractivity contribution is -0.132. The number of aromatic nitrogens is 2. The molecule has 0 fully saturated rings. The van der Waals surface area contributed by atoms with Crippen LogP contribution < -0.4 is 9.47 Å². The van der Waals surface area contributed by atoms with Crippen LogP contribution in [0.2, 0.25) is 10.0 Å². The van der Waals surface area contributed by atoms with Gasteiger partial charge in [-0.2, -0.15) is 4.98 Å². The van der Waals surface area contributed by atoms with Crippen LogP contribution in [-0.2, 0) is 14.6 Å². The summed E-state index contributed by atoms with van der Waals surface area (Å²) in [6.45, 7) is 2.87. The fourth-order valence-electron chi connectivity index (χ4n) is 1.96. The van der Waals surface area contributed by atoms with E-state index in [2.05, 4.69) is 9.97 Å². The monoisotopic (exact) mass is 422 g/mol. The second kappa shape index (κ2) is 7.73. The zero-order valence-corrected chi connectivity index (χ0v) is 16.2. The van der Waals surface area contributed by atoms with Crippen LogP contribution in [0.4, 0.5) is 4.39 Å². The number of rotatable bonds is 5. The van der Waals surface area contributed by atoms with Crippen LogP contribution in [0.3, 0.4) is 0 Å². The highest BCUT2D eigenvalue weighted by Gasteiger charge is 2.25. The van der Waals surface area contributed by atoms with Crippen LogP contribution in [0.25, 0.3) is 11.4 Å². The van der Waals surface area contributed by atoms with Crippen LogP contribution in [0, 0.1) is 5.82 Å². The Labute approximate surface area is 159 Å². The number of ether oxygens (including phenoxy) is 2. The molecule has 0 bridgehead atoms. The molecule has 0 N–H and O–H groups in total. The molecule has 7 nitrogen and oxygen atoms in total. The number of halogens is 3. The van der Waals surface area contributed by atoms with Crippen molar-refractivity contribution in [3.8, 4) is 23.0 Å². The molecule has 1 aromatic heterocycles. The lowest BCUT2D eigenvalue weighted by Crippen LogP contribution is -2.10. The van der Waals surface area contributed by atoms with Gasteiger partial charge in [0, 0.05) is 13.2 Å². The van der Waals surface area contributed by atoms with Gasteiger partial charge in [-0.25, -0.2) is 17.8 Å². The van der Waals surface area contributed by atoms with Crippen molar-refractivity contribution in [3.63, 3.8) is 0 Å². The zero-order valence-electron chi connectivity index (χ0n) is 13.8. The standard InChI is InChI=1S/C15H13Cl2FN2O5S/c1-4-24-12-9(16)6-5-8(11(12)18)13-19-14(25-7(2)21)10(17)15(20-13)26(3,22)23/h5-6H,4H2,1-3H3. The van der Waals surface area contributed by atoms with Gasteiger partial charge in [0.25, 0.3) is 0 Å².